The molecule has 0 spiro atoms. The molecule has 0 heterocycles. The van der Waals surface area contributed by atoms with Gasteiger partial charge in [0.25, 0.3) is 0 Å². The Hall–Kier alpha value is -1.48. The Bertz CT molecular complexity index is 517. The molecule has 1 unspecified atom stereocenters. The van der Waals surface area contributed by atoms with Gasteiger partial charge in [-0.1, -0.05) is 0 Å². The molecule has 18 heavy (non-hydrogen) atoms. The lowest BCUT2D eigenvalue weighted by atomic mass is 10.2. The number of benzene rings is 1. The zero-order valence-electron chi connectivity index (χ0n) is 10.2. The molecule has 0 fully saturated rings. The molecule has 7 nitrogen and oxygen atoms in total. The zero-order chi connectivity index (χ0) is 13.9. The van der Waals surface area contributed by atoms with Gasteiger partial charge < -0.3 is 10.1 Å². The normalized spacial score (nSPS) is 13.8. The highest BCUT2D eigenvalue weighted by molar-refractivity contribution is 7.93. The Morgan fingerprint density at radius 3 is 2.50 bits per heavy atom. The summed E-state index contributed by atoms with van der Waals surface area (Å²) in [6.07, 6.45) is 0. The van der Waals surface area contributed by atoms with E-state index in [2.05, 4.69) is 9.60 Å². The number of anilines is 1. The Morgan fingerprint density at radius 1 is 1.44 bits per heavy atom. The summed E-state index contributed by atoms with van der Waals surface area (Å²) < 4.78 is 32.0. The van der Waals surface area contributed by atoms with E-state index >= 15 is 0 Å². The van der Waals surface area contributed by atoms with Crippen LogP contribution in [0.2, 0.25) is 0 Å². The average molecular weight is 274 g/mol. The Balaban J connectivity index is 3.35. The lowest BCUT2D eigenvalue weighted by Gasteiger charge is -2.11. The van der Waals surface area contributed by atoms with Gasteiger partial charge in [0.05, 0.1) is 17.3 Å². The molecule has 1 aromatic rings. The lowest BCUT2D eigenvalue weighted by Crippen LogP contribution is -2.18. The molecule has 1 radical (unpaired) electrons. The molecule has 99 valence electrons. The fraction of sp³-hybridized carbons (Fsp3) is 0.300. The SMILES string of the molecule is COc1cc([S+]([O])(=O)ON)c(C)cc1NC(C)=O. The van der Waals surface area contributed by atoms with E-state index in [9.17, 15) is 13.6 Å². The minimum Gasteiger partial charge on any atom is -0.494 e. The van der Waals surface area contributed by atoms with Crippen LogP contribution in [0.15, 0.2) is 17.0 Å². The predicted molar refractivity (Wildman–Crippen MR) is 64.3 cm³/mol. The second-order valence-corrected chi connectivity index (χ2v) is 5.09. The molecular formula is C10H14N2O5S+. The van der Waals surface area contributed by atoms with Crippen LogP contribution in [0.4, 0.5) is 5.69 Å². The first-order valence-corrected chi connectivity index (χ1v) is 6.32. The third kappa shape index (κ3) is 3.05. The van der Waals surface area contributed by atoms with E-state index in [-0.39, 0.29) is 16.6 Å². The summed E-state index contributed by atoms with van der Waals surface area (Å²) in [5.74, 6) is 4.63. The van der Waals surface area contributed by atoms with E-state index in [1.165, 1.54) is 26.2 Å². The van der Waals surface area contributed by atoms with Crippen molar-refractivity contribution in [3.05, 3.63) is 17.7 Å². The van der Waals surface area contributed by atoms with Crippen LogP contribution in [0, 0.1) is 6.92 Å². The van der Waals surface area contributed by atoms with Gasteiger partial charge in [-0.2, -0.15) is 5.90 Å². The number of rotatable bonds is 4. The van der Waals surface area contributed by atoms with Gasteiger partial charge in [0.1, 0.15) is 5.75 Å². The second kappa shape index (κ2) is 5.44. The predicted octanol–water partition coefficient (Wildman–Crippen LogP) is 0.971. The topological polar surface area (TPSA) is 111 Å². The fourth-order valence-corrected chi connectivity index (χ4v) is 2.26. The summed E-state index contributed by atoms with van der Waals surface area (Å²) in [4.78, 5) is 10.9. The minimum atomic E-state index is -4.02. The maximum Gasteiger partial charge on any atom is 0.447 e. The number of nitrogens with two attached hydrogens (primary N) is 1. The number of hydrogen-bond donors (Lipinski definition) is 2. The first-order valence-electron chi connectivity index (χ1n) is 4.91. The average Bonchev–Trinajstić information content (AvgIpc) is 2.28. The van der Waals surface area contributed by atoms with Crippen molar-refractivity contribution in [2.45, 2.75) is 18.7 Å². The summed E-state index contributed by atoms with van der Waals surface area (Å²) in [6.45, 7) is 2.89. The highest BCUT2D eigenvalue weighted by Gasteiger charge is 2.37. The van der Waals surface area contributed by atoms with Gasteiger partial charge in [0, 0.05) is 18.6 Å². The van der Waals surface area contributed by atoms with E-state index < -0.39 is 10.5 Å². The van der Waals surface area contributed by atoms with Crippen molar-refractivity contribution < 1.29 is 22.6 Å². The van der Waals surface area contributed by atoms with Gasteiger partial charge in [-0.3, -0.25) is 4.79 Å². The number of aryl methyl sites for hydroxylation is 1. The van der Waals surface area contributed by atoms with Crippen molar-refractivity contribution in [3.63, 3.8) is 0 Å². The lowest BCUT2D eigenvalue weighted by molar-refractivity contribution is -0.114. The van der Waals surface area contributed by atoms with Crippen LogP contribution in [0.1, 0.15) is 12.5 Å². The molecule has 1 atom stereocenters. The van der Waals surface area contributed by atoms with Gasteiger partial charge in [-0.15, -0.1) is 0 Å². The molecule has 8 heteroatoms. The number of nitrogens with one attached hydrogen (secondary N) is 1. The Kier molecular flexibility index (Phi) is 4.41. The van der Waals surface area contributed by atoms with E-state index in [1.807, 2.05) is 0 Å². The first-order chi connectivity index (χ1) is 8.31. The van der Waals surface area contributed by atoms with Crippen LogP contribution in [-0.2, 0) is 28.3 Å². The largest absolute Gasteiger partial charge is 0.494 e. The quantitative estimate of drug-likeness (QED) is 0.628. The van der Waals surface area contributed by atoms with Gasteiger partial charge in [0.15, 0.2) is 0 Å². The van der Waals surface area contributed by atoms with Crippen LogP contribution in [0.25, 0.3) is 0 Å². The van der Waals surface area contributed by atoms with Crippen LogP contribution < -0.4 is 16.0 Å². The van der Waals surface area contributed by atoms with Crippen LogP contribution in [-0.4, -0.2) is 13.0 Å². The molecule has 0 aromatic heterocycles. The van der Waals surface area contributed by atoms with Crippen molar-refractivity contribution in [2.24, 2.45) is 5.90 Å². The highest BCUT2D eigenvalue weighted by Crippen LogP contribution is 2.33. The van der Waals surface area contributed by atoms with Crippen molar-refractivity contribution >= 4 is 22.1 Å². The van der Waals surface area contributed by atoms with Crippen molar-refractivity contribution in [2.75, 3.05) is 12.4 Å². The number of ether oxygens (including phenoxy) is 1. The third-order valence-electron chi connectivity index (χ3n) is 2.20. The van der Waals surface area contributed by atoms with Gasteiger partial charge in [0.2, 0.25) is 10.8 Å². The second-order valence-electron chi connectivity index (χ2n) is 3.55. The van der Waals surface area contributed by atoms with Gasteiger partial charge >= 0.3 is 10.5 Å². The maximum absolute atomic E-state index is 11.5. The van der Waals surface area contributed by atoms with Crippen molar-refractivity contribution in [1.29, 1.82) is 0 Å². The van der Waals surface area contributed by atoms with Gasteiger partial charge in [-0.25, -0.2) is 0 Å². The Labute approximate surface area is 106 Å². The van der Waals surface area contributed by atoms with Crippen molar-refractivity contribution in [1.82, 2.24) is 0 Å². The number of amides is 1. The summed E-state index contributed by atoms with van der Waals surface area (Å²) >= 11 is 0. The highest BCUT2D eigenvalue weighted by atomic mass is 32.3. The fourth-order valence-electron chi connectivity index (χ4n) is 1.45. The molecule has 0 aliphatic rings. The molecule has 1 amide bonds. The van der Waals surface area contributed by atoms with E-state index in [4.69, 9.17) is 10.6 Å². The van der Waals surface area contributed by atoms with E-state index in [0.29, 0.717) is 11.3 Å². The Morgan fingerprint density at radius 2 is 2.06 bits per heavy atom. The minimum absolute atomic E-state index is 0.115. The molecular weight excluding hydrogens is 260 g/mol. The van der Waals surface area contributed by atoms with E-state index in [1.54, 1.807) is 6.92 Å². The first kappa shape index (κ1) is 14.6. The number of methoxy groups -OCH3 is 1. The molecule has 1 aromatic carbocycles. The van der Waals surface area contributed by atoms with E-state index in [0.717, 1.165) is 0 Å². The monoisotopic (exact) mass is 274 g/mol. The van der Waals surface area contributed by atoms with Crippen LogP contribution in [0.5, 0.6) is 5.75 Å². The maximum atomic E-state index is 11.5. The van der Waals surface area contributed by atoms with Crippen molar-refractivity contribution in [3.8, 4) is 5.75 Å². The summed E-state index contributed by atoms with van der Waals surface area (Å²) in [6, 6.07) is 2.70. The molecule has 0 bridgehead atoms. The van der Waals surface area contributed by atoms with Crippen LogP contribution >= 0.6 is 0 Å². The zero-order valence-corrected chi connectivity index (χ0v) is 11.0. The summed E-state index contributed by atoms with van der Waals surface area (Å²) in [7, 11) is -2.66. The molecule has 0 aliphatic carbocycles. The van der Waals surface area contributed by atoms with Crippen LogP contribution in [0.3, 0.4) is 0 Å². The number of carbonyl (C=O) groups is 1. The smallest absolute Gasteiger partial charge is 0.447 e. The molecule has 0 saturated heterocycles. The summed E-state index contributed by atoms with van der Waals surface area (Å²) in [5.41, 5.74) is 0.753. The molecule has 1 rings (SSSR count). The van der Waals surface area contributed by atoms with Gasteiger partial charge in [-0.05, 0) is 21.5 Å². The number of hydrogen-bond acceptors (Lipinski definition) is 5. The third-order valence-corrected chi connectivity index (χ3v) is 3.44. The molecule has 0 aliphatic heterocycles. The molecule has 0 saturated carbocycles. The molecule has 3 N–H and O–H groups in total. The number of carbonyl (C=O) groups excluding carboxylic acids is 1. The summed E-state index contributed by atoms with van der Waals surface area (Å²) in [5, 5.41) is 2.53. The standard InChI is InChI=1S/C10H14N2O5S/c1-6-4-8(12-7(2)13)9(16-3)5-10(6)18(14,15)17-11/h4-5H,11H2,1-3H3,(H,12,13)/q+1.